The Morgan fingerprint density at radius 3 is 2.63 bits per heavy atom. The maximum absolute atomic E-state index is 14.4. The van der Waals surface area contributed by atoms with Crippen LogP contribution in [0.15, 0.2) is 36.8 Å². The molecular weight excluding hydrogens is 393 g/mol. The van der Waals surface area contributed by atoms with Crippen LogP contribution in [0.3, 0.4) is 0 Å². The Kier molecular flexibility index (Phi) is 5.30. The average Bonchev–Trinajstić information content (AvgIpc) is 3.43. The summed E-state index contributed by atoms with van der Waals surface area (Å²) in [7, 11) is 0. The van der Waals surface area contributed by atoms with Crippen molar-refractivity contribution in [1.29, 1.82) is 5.26 Å². The van der Waals surface area contributed by atoms with Crippen LogP contribution < -0.4 is 4.74 Å². The molecule has 0 aliphatic carbocycles. The molecular formula is C19H18FN7O3. The lowest BCUT2D eigenvalue weighted by Gasteiger charge is -2.30. The molecule has 4 rings (SSSR count). The van der Waals surface area contributed by atoms with Crippen LogP contribution in [0.5, 0.6) is 5.75 Å². The number of aromatic nitrogens is 5. The van der Waals surface area contributed by atoms with E-state index >= 15 is 0 Å². The van der Waals surface area contributed by atoms with Crippen molar-refractivity contribution in [3.05, 3.63) is 53.9 Å². The first-order valence-electron chi connectivity index (χ1n) is 9.30. The maximum atomic E-state index is 14.4. The van der Waals surface area contributed by atoms with Gasteiger partial charge in [0.05, 0.1) is 30.3 Å². The van der Waals surface area contributed by atoms with E-state index in [1.165, 1.54) is 40.4 Å². The van der Waals surface area contributed by atoms with Gasteiger partial charge in [-0.15, -0.1) is 0 Å². The largest absolute Gasteiger partial charge is 0.486 e. The number of hydrogen-bond donors (Lipinski definition) is 1. The van der Waals surface area contributed by atoms with Gasteiger partial charge >= 0.3 is 6.09 Å². The number of carbonyl (C=O) groups is 1. The second kappa shape index (κ2) is 8.20. The normalized spacial score (nSPS) is 14.5. The summed E-state index contributed by atoms with van der Waals surface area (Å²) >= 11 is 0. The van der Waals surface area contributed by atoms with Gasteiger partial charge in [0.1, 0.15) is 18.4 Å². The molecule has 1 fully saturated rings. The molecule has 0 atom stereocenters. The van der Waals surface area contributed by atoms with Crippen molar-refractivity contribution in [2.75, 3.05) is 13.1 Å². The second-order valence-electron chi connectivity index (χ2n) is 6.80. The zero-order valence-corrected chi connectivity index (χ0v) is 15.8. The first-order chi connectivity index (χ1) is 14.6. The Morgan fingerprint density at radius 1 is 1.27 bits per heavy atom. The van der Waals surface area contributed by atoms with Crippen LogP contribution >= 0.6 is 0 Å². The molecule has 0 spiro atoms. The van der Waals surface area contributed by atoms with E-state index in [1.54, 1.807) is 10.7 Å². The van der Waals surface area contributed by atoms with Crippen LogP contribution in [0.4, 0.5) is 9.18 Å². The first-order valence-corrected chi connectivity index (χ1v) is 9.30. The number of likely N-dealkylation sites (tertiary alicyclic amines) is 1. The fourth-order valence-corrected chi connectivity index (χ4v) is 3.44. The number of benzene rings is 1. The smallest absolute Gasteiger partial charge is 0.407 e. The molecule has 3 aromatic rings. The Hall–Kier alpha value is -3.94. The molecule has 0 unspecified atom stereocenters. The average molecular weight is 411 g/mol. The Labute approximate surface area is 170 Å². The Morgan fingerprint density at radius 2 is 2.00 bits per heavy atom. The number of piperidine rings is 1. The molecule has 1 saturated heterocycles. The van der Waals surface area contributed by atoms with Crippen molar-refractivity contribution in [3.8, 4) is 17.5 Å². The van der Waals surface area contributed by atoms with Crippen molar-refractivity contribution in [1.82, 2.24) is 29.7 Å². The summed E-state index contributed by atoms with van der Waals surface area (Å²) in [5, 5.41) is 30.9. The van der Waals surface area contributed by atoms with Crippen LogP contribution in [-0.2, 0) is 6.61 Å². The lowest BCUT2D eigenvalue weighted by Crippen LogP contribution is -2.38. The van der Waals surface area contributed by atoms with Crippen LogP contribution in [-0.4, -0.2) is 54.0 Å². The van der Waals surface area contributed by atoms with Gasteiger partial charge in [0.25, 0.3) is 0 Å². The summed E-state index contributed by atoms with van der Waals surface area (Å²) in [6, 6.07) is 6.43. The number of rotatable bonds is 5. The van der Waals surface area contributed by atoms with Gasteiger partial charge in [-0.1, -0.05) is 0 Å². The van der Waals surface area contributed by atoms with Gasteiger partial charge in [-0.2, -0.15) is 25.4 Å². The first kappa shape index (κ1) is 19.4. The molecule has 1 aromatic carbocycles. The van der Waals surface area contributed by atoms with E-state index in [0.29, 0.717) is 42.9 Å². The van der Waals surface area contributed by atoms with E-state index < -0.39 is 11.9 Å². The number of nitrogens with zero attached hydrogens (tertiary/aromatic N) is 7. The summed E-state index contributed by atoms with van der Waals surface area (Å²) in [4.78, 5) is 13.7. The van der Waals surface area contributed by atoms with E-state index in [9.17, 15) is 14.4 Å². The topological polar surface area (TPSA) is 122 Å². The van der Waals surface area contributed by atoms with Gasteiger partial charge in [-0.3, -0.25) is 4.68 Å². The number of halogens is 1. The highest BCUT2D eigenvalue weighted by atomic mass is 19.1. The third-order valence-electron chi connectivity index (χ3n) is 5.01. The van der Waals surface area contributed by atoms with Crippen molar-refractivity contribution in [2.24, 2.45) is 0 Å². The molecule has 30 heavy (non-hydrogen) atoms. The van der Waals surface area contributed by atoms with Gasteiger partial charge in [-0.05, 0) is 25.0 Å². The Balaban J connectivity index is 1.45. The molecule has 11 heteroatoms. The summed E-state index contributed by atoms with van der Waals surface area (Å²) in [6.07, 6.45) is 4.72. The van der Waals surface area contributed by atoms with Crippen molar-refractivity contribution in [2.45, 2.75) is 25.5 Å². The number of hydrogen-bond acceptors (Lipinski definition) is 6. The standard InChI is InChI=1S/C19H18FN7O3/c20-16-9-15(27-22-5-6-23-27)1-2-18(16)30-12-13-11-24-26(17(13)10-21)14-3-7-25(8-4-14)19(28)29/h1-2,5-6,9,11,14H,3-4,7-8,12H2,(H,28,29). The predicted octanol–water partition coefficient (Wildman–Crippen LogP) is 2.37. The lowest BCUT2D eigenvalue weighted by molar-refractivity contribution is 0.123. The fourth-order valence-electron chi connectivity index (χ4n) is 3.44. The monoisotopic (exact) mass is 411 g/mol. The molecule has 3 heterocycles. The number of ether oxygens (including phenoxy) is 1. The highest BCUT2D eigenvalue weighted by Crippen LogP contribution is 2.26. The molecule has 1 N–H and O–H groups in total. The minimum atomic E-state index is -0.945. The number of amides is 1. The van der Waals surface area contributed by atoms with E-state index in [-0.39, 0.29) is 18.4 Å². The van der Waals surface area contributed by atoms with Gasteiger partial charge in [-0.25, -0.2) is 9.18 Å². The van der Waals surface area contributed by atoms with Gasteiger partial charge < -0.3 is 14.7 Å². The zero-order chi connectivity index (χ0) is 21.1. The van der Waals surface area contributed by atoms with E-state index in [2.05, 4.69) is 21.4 Å². The minimum Gasteiger partial charge on any atom is -0.486 e. The van der Waals surface area contributed by atoms with E-state index in [0.717, 1.165) is 0 Å². The minimum absolute atomic E-state index is 0.0207. The van der Waals surface area contributed by atoms with E-state index in [1.807, 2.05) is 0 Å². The molecule has 1 aliphatic heterocycles. The van der Waals surface area contributed by atoms with Gasteiger partial charge in [0.15, 0.2) is 11.6 Å². The molecule has 0 radical (unpaired) electrons. The van der Waals surface area contributed by atoms with Crippen molar-refractivity contribution >= 4 is 6.09 Å². The van der Waals surface area contributed by atoms with Gasteiger partial charge in [0, 0.05) is 24.7 Å². The molecule has 2 aromatic heterocycles. The molecule has 154 valence electrons. The summed E-state index contributed by atoms with van der Waals surface area (Å²) in [5.74, 6) is -0.533. The van der Waals surface area contributed by atoms with Crippen molar-refractivity contribution < 1.29 is 19.0 Å². The maximum Gasteiger partial charge on any atom is 0.407 e. The molecule has 1 aliphatic rings. The fraction of sp³-hybridized carbons (Fsp3) is 0.316. The highest BCUT2D eigenvalue weighted by Gasteiger charge is 2.26. The SMILES string of the molecule is N#Cc1c(COc2ccc(-n3nccn3)cc2F)cnn1C1CCN(C(=O)O)CC1. The third kappa shape index (κ3) is 3.80. The number of nitriles is 1. The van der Waals surface area contributed by atoms with Crippen LogP contribution in [0.25, 0.3) is 5.69 Å². The lowest BCUT2D eigenvalue weighted by atomic mass is 10.1. The second-order valence-corrected chi connectivity index (χ2v) is 6.80. The van der Waals surface area contributed by atoms with Crippen LogP contribution in [0.2, 0.25) is 0 Å². The predicted molar refractivity (Wildman–Crippen MR) is 100 cm³/mol. The quantitative estimate of drug-likeness (QED) is 0.684. The molecule has 0 bridgehead atoms. The third-order valence-corrected chi connectivity index (χ3v) is 5.01. The van der Waals surface area contributed by atoms with Gasteiger partial charge in [0.2, 0.25) is 0 Å². The summed E-state index contributed by atoms with van der Waals surface area (Å²) < 4.78 is 21.6. The Bertz CT molecular complexity index is 1080. The summed E-state index contributed by atoms with van der Waals surface area (Å²) in [5.41, 5.74) is 1.33. The zero-order valence-electron chi connectivity index (χ0n) is 15.8. The van der Waals surface area contributed by atoms with E-state index in [4.69, 9.17) is 9.84 Å². The number of carboxylic acid groups (broad SMARTS) is 1. The molecule has 10 nitrogen and oxygen atoms in total. The molecule has 1 amide bonds. The molecule has 0 saturated carbocycles. The van der Waals surface area contributed by atoms with Crippen LogP contribution in [0, 0.1) is 17.1 Å². The van der Waals surface area contributed by atoms with Crippen LogP contribution in [0.1, 0.15) is 30.1 Å². The summed E-state index contributed by atoms with van der Waals surface area (Å²) in [6.45, 7) is 0.756. The highest BCUT2D eigenvalue weighted by molar-refractivity contribution is 5.65. The van der Waals surface area contributed by atoms with Crippen molar-refractivity contribution in [3.63, 3.8) is 0 Å².